The largest absolute Gasteiger partial charge is 0.355 e. The molecule has 0 bridgehead atoms. The normalized spacial score (nSPS) is 16.9. The van der Waals surface area contributed by atoms with E-state index in [1.807, 2.05) is 7.05 Å². The van der Waals surface area contributed by atoms with Gasteiger partial charge in [-0.1, -0.05) is 23.8 Å². The summed E-state index contributed by atoms with van der Waals surface area (Å²) in [6, 6.07) is 6.58. The van der Waals surface area contributed by atoms with E-state index in [0.29, 0.717) is 0 Å². The minimum Gasteiger partial charge on any atom is -0.355 e. The van der Waals surface area contributed by atoms with Crippen molar-refractivity contribution in [3.8, 4) is 0 Å². The third kappa shape index (κ3) is 7.92. The van der Waals surface area contributed by atoms with Crippen molar-refractivity contribution < 1.29 is 0 Å². The van der Waals surface area contributed by atoms with Crippen LogP contribution in [0.2, 0.25) is 0 Å². The van der Waals surface area contributed by atoms with Gasteiger partial charge in [-0.3, -0.25) is 4.99 Å². The second-order valence-corrected chi connectivity index (χ2v) is 6.78. The molecule has 1 aliphatic rings. The van der Waals surface area contributed by atoms with Gasteiger partial charge in [0, 0.05) is 39.8 Å². The summed E-state index contributed by atoms with van der Waals surface area (Å²) in [5.41, 5.74) is 3.95. The fourth-order valence-corrected chi connectivity index (χ4v) is 3.10. The first-order chi connectivity index (χ1) is 11.6. The Morgan fingerprint density at radius 2 is 1.92 bits per heavy atom. The van der Waals surface area contributed by atoms with Crippen molar-refractivity contribution in [3.63, 3.8) is 0 Å². The monoisotopic (exact) mass is 459 g/mol. The average molecular weight is 459 g/mol. The molecule has 0 spiro atoms. The van der Waals surface area contributed by atoms with E-state index in [1.165, 1.54) is 42.7 Å². The molecule has 142 valence electrons. The summed E-state index contributed by atoms with van der Waals surface area (Å²) in [5.74, 6) is 0.877. The molecule has 1 aromatic carbocycles. The molecule has 0 aliphatic carbocycles. The number of aryl methyl sites for hydroxylation is 2. The summed E-state index contributed by atoms with van der Waals surface area (Å²) in [5, 5.41) is 6.85. The van der Waals surface area contributed by atoms with Crippen LogP contribution in [-0.4, -0.2) is 69.1 Å². The molecule has 2 N–H and O–H groups in total. The van der Waals surface area contributed by atoms with Crippen LogP contribution in [0.1, 0.15) is 23.1 Å². The van der Waals surface area contributed by atoms with Crippen molar-refractivity contribution in [2.45, 2.75) is 26.8 Å². The lowest BCUT2D eigenvalue weighted by Crippen LogP contribution is -2.42. The van der Waals surface area contributed by atoms with Crippen molar-refractivity contribution >= 4 is 29.9 Å². The van der Waals surface area contributed by atoms with Gasteiger partial charge in [-0.05, 0) is 51.5 Å². The minimum atomic E-state index is 0. The van der Waals surface area contributed by atoms with Gasteiger partial charge in [0.25, 0.3) is 0 Å². The molecule has 1 saturated heterocycles. The molecule has 6 heteroatoms. The van der Waals surface area contributed by atoms with Crippen LogP contribution >= 0.6 is 24.0 Å². The Morgan fingerprint density at radius 3 is 2.64 bits per heavy atom. The van der Waals surface area contributed by atoms with Crippen LogP contribution in [0.3, 0.4) is 0 Å². The van der Waals surface area contributed by atoms with Gasteiger partial charge in [0.05, 0.1) is 0 Å². The van der Waals surface area contributed by atoms with Crippen LogP contribution in [0.15, 0.2) is 23.2 Å². The molecule has 0 unspecified atom stereocenters. The van der Waals surface area contributed by atoms with Crippen molar-refractivity contribution in [2.24, 2.45) is 4.99 Å². The summed E-state index contributed by atoms with van der Waals surface area (Å²) < 4.78 is 0. The predicted molar refractivity (Wildman–Crippen MR) is 118 cm³/mol. The van der Waals surface area contributed by atoms with E-state index in [1.54, 1.807) is 0 Å². The molecule has 0 radical (unpaired) electrons. The van der Waals surface area contributed by atoms with E-state index in [4.69, 9.17) is 0 Å². The number of likely N-dealkylation sites (N-methyl/N-ethyl adjacent to an activating group) is 1. The first kappa shape index (κ1) is 22.2. The van der Waals surface area contributed by atoms with Crippen LogP contribution in [0.5, 0.6) is 0 Å². The maximum Gasteiger partial charge on any atom is 0.191 e. The molecule has 0 amide bonds. The van der Waals surface area contributed by atoms with Crippen molar-refractivity contribution in [1.29, 1.82) is 0 Å². The Bertz CT molecular complexity index is 547. The van der Waals surface area contributed by atoms with Gasteiger partial charge < -0.3 is 20.4 Å². The molecule has 1 aromatic rings. The smallest absolute Gasteiger partial charge is 0.191 e. The maximum absolute atomic E-state index is 4.33. The molecule has 1 aliphatic heterocycles. The molecular formula is C19H34IN5. The molecular weight excluding hydrogens is 425 g/mol. The second kappa shape index (κ2) is 11.7. The van der Waals surface area contributed by atoms with Crippen molar-refractivity contribution in [3.05, 3.63) is 34.9 Å². The standard InChI is InChI=1S/C19H33N5.HI/c1-16-6-7-18(17(2)14-16)15-22-19(20-3)21-8-11-24-10-5-9-23(4)12-13-24;/h6-7,14H,5,8-13,15H2,1-4H3,(H2,20,21,22);1H. The molecule has 25 heavy (non-hydrogen) atoms. The van der Waals surface area contributed by atoms with Gasteiger partial charge in [-0.2, -0.15) is 0 Å². The number of rotatable bonds is 5. The minimum absolute atomic E-state index is 0. The summed E-state index contributed by atoms with van der Waals surface area (Å²) >= 11 is 0. The zero-order valence-electron chi connectivity index (χ0n) is 16.1. The number of guanidine groups is 1. The van der Waals surface area contributed by atoms with Crippen molar-refractivity contribution in [2.75, 3.05) is 53.4 Å². The highest BCUT2D eigenvalue weighted by Gasteiger charge is 2.11. The topological polar surface area (TPSA) is 42.9 Å². The third-order valence-corrected chi connectivity index (χ3v) is 4.70. The Balaban J connectivity index is 0.00000312. The van der Waals surface area contributed by atoms with Gasteiger partial charge in [0.2, 0.25) is 0 Å². The quantitative estimate of drug-likeness (QED) is 0.403. The van der Waals surface area contributed by atoms with Gasteiger partial charge in [-0.15, -0.1) is 24.0 Å². The Labute approximate surface area is 170 Å². The summed E-state index contributed by atoms with van der Waals surface area (Å²) in [6.07, 6.45) is 1.26. The van der Waals surface area contributed by atoms with E-state index in [-0.39, 0.29) is 24.0 Å². The number of aliphatic imine (C=N–C) groups is 1. The molecule has 5 nitrogen and oxygen atoms in total. The van der Waals surface area contributed by atoms with E-state index in [2.05, 4.69) is 64.5 Å². The molecule has 2 rings (SSSR count). The fraction of sp³-hybridized carbons (Fsp3) is 0.632. The van der Waals surface area contributed by atoms with Gasteiger partial charge in [0.1, 0.15) is 0 Å². The molecule has 0 aromatic heterocycles. The Morgan fingerprint density at radius 1 is 1.12 bits per heavy atom. The van der Waals surface area contributed by atoms with Gasteiger partial charge in [0.15, 0.2) is 5.96 Å². The highest BCUT2D eigenvalue weighted by molar-refractivity contribution is 14.0. The average Bonchev–Trinajstić information content (AvgIpc) is 2.76. The number of hydrogen-bond donors (Lipinski definition) is 2. The van der Waals surface area contributed by atoms with Crippen molar-refractivity contribution in [1.82, 2.24) is 20.4 Å². The van der Waals surface area contributed by atoms with Gasteiger partial charge in [-0.25, -0.2) is 0 Å². The van der Waals surface area contributed by atoms with E-state index in [9.17, 15) is 0 Å². The number of nitrogens with zero attached hydrogens (tertiary/aromatic N) is 3. The lowest BCUT2D eigenvalue weighted by molar-refractivity contribution is 0.280. The maximum atomic E-state index is 4.33. The summed E-state index contributed by atoms with van der Waals surface area (Å²) in [7, 11) is 4.04. The number of halogens is 1. The highest BCUT2D eigenvalue weighted by Crippen LogP contribution is 2.09. The molecule has 1 fully saturated rings. The lowest BCUT2D eigenvalue weighted by Gasteiger charge is -2.21. The van der Waals surface area contributed by atoms with Crippen LogP contribution in [0.25, 0.3) is 0 Å². The van der Waals surface area contributed by atoms with E-state index < -0.39 is 0 Å². The van der Waals surface area contributed by atoms with Crippen LogP contribution in [0.4, 0.5) is 0 Å². The third-order valence-electron chi connectivity index (χ3n) is 4.70. The first-order valence-corrected chi connectivity index (χ1v) is 9.00. The number of benzene rings is 1. The Kier molecular flexibility index (Phi) is 10.4. The molecule has 0 atom stereocenters. The molecule has 1 heterocycles. The number of nitrogens with one attached hydrogen (secondary N) is 2. The first-order valence-electron chi connectivity index (χ1n) is 9.00. The predicted octanol–water partition coefficient (Wildman–Crippen LogP) is 2.22. The zero-order chi connectivity index (χ0) is 17.4. The zero-order valence-corrected chi connectivity index (χ0v) is 18.5. The molecule has 0 saturated carbocycles. The SMILES string of the molecule is CN=C(NCCN1CCCN(C)CC1)NCc1ccc(C)cc1C.I. The lowest BCUT2D eigenvalue weighted by atomic mass is 10.1. The number of hydrogen-bond acceptors (Lipinski definition) is 3. The van der Waals surface area contributed by atoms with Gasteiger partial charge >= 0.3 is 0 Å². The Hall–Kier alpha value is -0.860. The van der Waals surface area contributed by atoms with Crippen LogP contribution in [0, 0.1) is 13.8 Å². The van der Waals surface area contributed by atoms with Crippen LogP contribution < -0.4 is 10.6 Å². The second-order valence-electron chi connectivity index (χ2n) is 6.78. The summed E-state index contributed by atoms with van der Waals surface area (Å²) in [6.45, 7) is 11.8. The highest BCUT2D eigenvalue weighted by atomic mass is 127. The van der Waals surface area contributed by atoms with Crippen LogP contribution in [-0.2, 0) is 6.54 Å². The fourth-order valence-electron chi connectivity index (χ4n) is 3.10. The summed E-state index contributed by atoms with van der Waals surface area (Å²) in [4.78, 5) is 9.28. The van der Waals surface area contributed by atoms with E-state index >= 15 is 0 Å². The van der Waals surface area contributed by atoms with E-state index in [0.717, 1.165) is 32.1 Å².